The minimum absolute atomic E-state index is 0.150. The molecule has 1 saturated carbocycles. The van der Waals surface area contributed by atoms with Crippen molar-refractivity contribution in [2.24, 2.45) is 0 Å². The molecule has 1 aliphatic carbocycles. The molecule has 3 rings (SSSR count). The number of aromatic nitrogens is 3. The van der Waals surface area contributed by atoms with Gasteiger partial charge in [0.1, 0.15) is 14.2 Å². The SMILES string of the molecule is CC(C)[Si](C#Cc1cc(OC2CCC2)nc2nc(S(C)(=O)=O)ncc12)(C(C)C)C(C)C. The van der Waals surface area contributed by atoms with Gasteiger partial charge in [0.25, 0.3) is 0 Å². The largest absolute Gasteiger partial charge is 0.474 e. The van der Waals surface area contributed by atoms with Crippen LogP contribution in [0.5, 0.6) is 5.88 Å². The molecule has 0 amide bonds. The van der Waals surface area contributed by atoms with Gasteiger partial charge in [0.15, 0.2) is 5.65 Å². The summed E-state index contributed by atoms with van der Waals surface area (Å²) in [6.07, 6.45) is 5.92. The van der Waals surface area contributed by atoms with Gasteiger partial charge in [-0.2, -0.15) is 9.97 Å². The minimum atomic E-state index is -3.54. The zero-order valence-electron chi connectivity index (χ0n) is 19.6. The molecule has 2 aromatic rings. The third-order valence-corrected chi connectivity index (χ3v) is 13.6. The predicted octanol–water partition coefficient (Wildman–Crippen LogP) is 4.93. The zero-order chi connectivity index (χ0) is 23.0. The molecule has 31 heavy (non-hydrogen) atoms. The van der Waals surface area contributed by atoms with E-state index in [0.29, 0.717) is 33.5 Å². The summed E-state index contributed by atoms with van der Waals surface area (Å²) < 4.78 is 29.9. The van der Waals surface area contributed by atoms with Crippen LogP contribution in [0.3, 0.4) is 0 Å². The van der Waals surface area contributed by atoms with Gasteiger partial charge in [-0.25, -0.2) is 13.4 Å². The summed E-state index contributed by atoms with van der Waals surface area (Å²) in [6.45, 7) is 13.7. The lowest BCUT2D eigenvalue weighted by Crippen LogP contribution is -2.43. The number of sulfone groups is 1. The quantitative estimate of drug-likeness (QED) is 0.346. The number of pyridine rings is 1. The van der Waals surface area contributed by atoms with Crippen LogP contribution in [0.15, 0.2) is 17.4 Å². The van der Waals surface area contributed by atoms with Crippen molar-refractivity contribution in [1.29, 1.82) is 0 Å². The number of ether oxygens (including phenoxy) is 1. The molecule has 0 unspecified atom stereocenters. The lowest BCUT2D eigenvalue weighted by molar-refractivity contribution is 0.115. The summed E-state index contributed by atoms with van der Waals surface area (Å²) in [4.78, 5) is 12.8. The van der Waals surface area contributed by atoms with Crippen LogP contribution in [0.1, 0.15) is 66.4 Å². The van der Waals surface area contributed by atoms with Crippen LogP contribution in [0.4, 0.5) is 0 Å². The molecule has 0 bridgehead atoms. The average molecular weight is 460 g/mol. The highest BCUT2D eigenvalue weighted by Gasteiger charge is 2.41. The lowest BCUT2D eigenvalue weighted by Gasteiger charge is -2.38. The predicted molar refractivity (Wildman–Crippen MR) is 127 cm³/mol. The maximum absolute atomic E-state index is 12.0. The fourth-order valence-corrected chi connectivity index (χ4v) is 10.3. The molecule has 8 heteroatoms. The molecule has 2 aromatic heterocycles. The molecule has 168 valence electrons. The first-order chi connectivity index (χ1) is 14.4. The van der Waals surface area contributed by atoms with E-state index in [1.807, 2.05) is 6.07 Å². The van der Waals surface area contributed by atoms with Crippen LogP contribution in [-0.4, -0.2) is 43.8 Å². The summed E-state index contributed by atoms with van der Waals surface area (Å²) in [7, 11) is -5.48. The molecule has 0 aromatic carbocycles. The van der Waals surface area contributed by atoms with Crippen LogP contribution >= 0.6 is 0 Å². The summed E-state index contributed by atoms with van der Waals surface area (Å²) >= 11 is 0. The monoisotopic (exact) mass is 459 g/mol. The van der Waals surface area contributed by atoms with E-state index in [1.165, 1.54) is 6.20 Å². The van der Waals surface area contributed by atoms with Crippen molar-refractivity contribution in [3.05, 3.63) is 17.8 Å². The second-order valence-corrected chi connectivity index (χ2v) is 17.0. The Morgan fingerprint density at radius 2 is 1.68 bits per heavy atom. The van der Waals surface area contributed by atoms with Crippen molar-refractivity contribution in [3.63, 3.8) is 0 Å². The average Bonchev–Trinajstić information content (AvgIpc) is 2.63. The van der Waals surface area contributed by atoms with Crippen LogP contribution in [-0.2, 0) is 9.84 Å². The highest BCUT2D eigenvalue weighted by atomic mass is 32.2. The van der Waals surface area contributed by atoms with Gasteiger partial charge in [-0.05, 0) is 35.9 Å². The van der Waals surface area contributed by atoms with E-state index in [-0.39, 0.29) is 11.3 Å². The van der Waals surface area contributed by atoms with Gasteiger partial charge in [0, 0.05) is 24.1 Å². The molecule has 0 spiro atoms. The number of hydrogen-bond acceptors (Lipinski definition) is 6. The van der Waals surface area contributed by atoms with E-state index < -0.39 is 17.9 Å². The van der Waals surface area contributed by atoms with E-state index in [1.54, 1.807) is 0 Å². The molecule has 0 aliphatic heterocycles. The molecule has 6 nitrogen and oxygen atoms in total. The Labute approximate surface area is 187 Å². The van der Waals surface area contributed by atoms with E-state index in [0.717, 1.165) is 31.1 Å². The molecule has 0 atom stereocenters. The molecule has 0 saturated heterocycles. The Kier molecular flexibility index (Phi) is 6.77. The first-order valence-electron chi connectivity index (χ1n) is 11.0. The standard InChI is InChI=1S/C23H33N3O3SSi/c1-15(2)31(16(3)4,17(5)6)12-11-18-13-21(29-19-9-8-10-19)25-22-20(18)14-24-23(26-22)30(7,27)28/h13-17,19H,8-10H2,1-7H3. The van der Waals surface area contributed by atoms with Gasteiger partial charge in [0.05, 0.1) is 5.39 Å². The van der Waals surface area contributed by atoms with Crippen molar-refractivity contribution in [1.82, 2.24) is 15.0 Å². The third-order valence-electron chi connectivity index (χ3n) is 6.47. The Balaban J connectivity index is 2.19. The second kappa shape index (κ2) is 8.87. The van der Waals surface area contributed by atoms with Crippen LogP contribution in [0.25, 0.3) is 11.0 Å². The van der Waals surface area contributed by atoms with Crippen molar-refractivity contribution in [2.75, 3.05) is 6.26 Å². The van der Waals surface area contributed by atoms with Gasteiger partial charge < -0.3 is 4.74 Å². The third kappa shape index (κ3) is 4.78. The normalized spacial score (nSPS) is 15.3. The van der Waals surface area contributed by atoms with Crippen LogP contribution in [0, 0.1) is 11.5 Å². The fraction of sp³-hybridized carbons (Fsp3) is 0.609. The zero-order valence-corrected chi connectivity index (χ0v) is 21.4. The van der Waals surface area contributed by atoms with Gasteiger partial charge in [0.2, 0.25) is 20.9 Å². The Morgan fingerprint density at radius 1 is 1.06 bits per heavy atom. The summed E-state index contributed by atoms with van der Waals surface area (Å²) in [5.74, 6) is 3.89. The fourth-order valence-electron chi connectivity index (χ4n) is 4.58. The first kappa shape index (κ1) is 23.7. The van der Waals surface area contributed by atoms with Gasteiger partial charge >= 0.3 is 0 Å². The minimum Gasteiger partial charge on any atom is -0.474 e. The molecular weight excluding hydrogens is 426 g/mol. The summed E-state index contributed by atoms with van der Waals surface area (Å²) in [6, 6.07) is 1.86. The van der Waals surface area contributed by atoms with Gasteiger partial charge in [-0.15, -0.1) is 5.54 Å². The first-order valence-corrected chi connectivity index (χ1v) is 15.1. The van der Waals surface area contributed by atoms with E-state index in [4.69, 9.17) is 4.74 Å². The molecule has 0 radical (unpaired) electrons. The number of rotatable bonds is 6. The van der Waals surface area contributed by atoms with Crippen LogP contribution < -0.4 is 4.74 Å². The second-order valence-electron chi connectivity index (χ2n) is 9.49. The molecule has 1 fully saturated rings. The lowest BCUT2D eigenvalue weighted by atomic mass is 9.96. The highest BCUT2D eigenvalue weighted by Crippen LogP contribution is 2.41. The maximum Gasteiger partial charge on any atom is 0.248 e. The highest BCUT2D eigenvalue weighted by molar-refractivity contribution is 7.90. The van der Waals surface area contributed by atoms with E-state index in [9.17, 15) is 8.42 Å². The Morgan fingerprint density at radius 3 is 2.16 bits per heavy atom. The van der Waals surface area contributed by atoms with E-state index in [2.05, 4.69) is 68.0 Å². The number of nitrogens with zero attached hydrogens (tertiary/aromatic N) is 3. The Bertz CT molecular complexity index is 1110. The topological polar surface area (TPSA) is 82.0 Å². The van der Waals surface area contributed by atoms with Crippen molar-refractivity contribution in [2.45, 2.75) is 88.7 Å². The molecule has 2 heterocycles. The van der Waals surface area contributed by atoms with Crippen molar-refractivity contribution >= 4 is 28.9 Å². The summed E-state index contributed by atoms with van der Waals surface area (Å²) in [5, 5.41) is 0.419. The Hall–Kier alpha value is -1.98. The molecule has 1 aliphatic rings. The number of fused-ring (bicyclic) bond motifs is 1. The molecular formula is C23H33N3O3SSi. The van der Waals surface area contributed by atoms with Gasteiger partial charge in [-0.1, -0.05) is 47.5 Å². The van der Waals surface area contributed by atoms with Crippen LogP contribution in [0.2, 0.25) is 16.6 Å². The molecule has 0 N–H and O–H groups in total. The number of hydrogen-bond donors (Lipinski definition) is 0. The maximum atomic E-state index is 12.0. The van der Waals surface area contributed by atoms with Gasteiger partial charge in [-0.3, -0.25) is 0 Å². The van der Waals surface area contributed by atoms with E-state index >= 15 is 0 Å². The summed E-state index contributed by atoms with van der Waals surface area (Å²) in [5.41, 5.74) is 6.30. The van der Waals surface area contributed by atoms with Crippen molar-refractivity contribution < 1.29 is 13.2 Å². The smallest absolute Gasteiger partial charge is 0.248 e. The van der Waals surface area contributed by atoms with Crippen molar-refractivity contribution in [3.8, 4) is 17.3 Å².